The molecule has 1 aromatic rings. The molecular formula is C11H11BrF2O. The van der Waals surface area contributed by atoms with Gasteiger partial charge in [-0.3, -0.25) is 4.79 Å². The topological polar surface area (TPSA) is 17.1 Å². The van der Waals surface area contributed by atoms with E-state index < -0.39 is 23.0 Å². The van der Waals surface area contributed by atoms with E-state index in [9.17, 15) is 13.6 Å². The van der Waals surface area contributed by atoms with Crippen LogP contribution in [0.4, 0.5) is 8.78 Å². The summed E-state index contributed by atoms with van der Waals surface area (Å²) in [6.45, 7) is 0. The van der Waals surface area contributed by atoms with Gasteiger partial charge in [0.05, 0.1) is 5.56 Å². The van der Waals surface area contributed by atoms with Crippen LogP contribution in [-0.4, -0.2) is 11.1 Å². The second-order valence-corrected chi connectivity index (χ2v) is 3.96. The Balaban J connectivity index is 2.73. The number of halogens is 3. The smallest absolute Gasteiger partial charge is 0.168 e. The van der Waals surface area contributed by atoms with E-state index >= 15 is 0 Å². The largest absolute Gasteiger partial charge is 0.294 e. The van der Waals surface area contributed by atoms with Crippen molar-refractivity contribution < 1.29 is 13.6 Å². The molecule has 0 aliphatic rings. The van der Waals surface area contributed by atoms with Gasteiger partial charge in [0.15, 0.2) is 5.78 Å². The molecule has 0 bridgehead atoms. The molecular weight excluding hydrogens is 266 g/mol. The van der Waals surface area contributed by atoms with Gasteiger partial charge in [0, 0.05) is 11.8 Å². The molecule has 0 fully saturated rings. The molecule has 0 radical (unpaired) electrons. The molecule has 0 aromatic heterocycles. The number of benzene rings is 1. The summed E-state index contributed by atoms with van der Waals surface area (Å²) in [5.74, 6) is -2.02. The summed E-state index contributed by atoms with van der Waals surface area (Å²) in [6, 6.07) is 3.45. The van der Waals surface area contributed by atoms with Gasteiger partial charge >= 0.3 is 0 Å². The molecule has 0 heterocycles. The van der Waals surface area contributed by atoms with E-state index in [1.165, 1.54) is 6.07 Å². The standard InChI is InChI=1S/C11H11BrF2O/c12-7-2-1-6-10(15)11-8(13)4-3-5-9(11)14/h3-5H,1-2,6-7H2. The minimum absolute atomic E-state index is 0.184. The molecule has 0 amide bonds. The fraction of sp³-hybridized carbons (Fsp3) is 0.364. The fourth-order valence-corrected chi connectivity index (χ4v) is 1.67. The number of rotatable bonds is 5. The lowest BCUT2D eigenvalue weighted by molar-refractivity contribution is 0.0972. The second kappa shape index (κ2) is 5.95. The highest BCUT2D eigenvalue weighted by Gasteiger charge is 2.15. The monoisotopic (exact) mass is 276 g/mol. The highest BCUT2D eigenvalue weighted by molar-refractivity contribution is 9.09. The van der Waals surface area contributed by atoms with Gasteiger partial charge in [0.25, 0.3) is 0 Å². The van der Waals surface area contributed by atoms with E-state index in [1.54, 1.807) is 0 Å². The molecule has 1 nitrogen and oxygen atoms in total. The van der Waals surface area contributed by atoms with Crippen LogP contribution in [0, 0.1) is 11.6 Å². The summed E-state index contributed by atoms with van der Waals surface area (Å²) in [5.41, 5.74) is -0.410. The van der Waals surface area contributed by atoms with Crippen molar-refractivity contribution in [2.45, 2.75) is 19.3 Å². The van der Waals surface area contributed by atoms with Gasteiger partial charge in [0.1, 0.15) is 11.6 Å². The Hall–Kier alpha value is -0.770. The van der Waals surface area contributed by atoms with Crippen LogP contribution in [0.1, 0.15) is 29.6 Å². The average molecular weight is 277 g/mol. The van der Waals surface area contributed by atoms with Gasteiger partial charge in [-0.2, -0.15) is 0 Å². The number of carbonyl (C=O) groups is 1. The highest BCUT2D eigenvalue weighted by Crippen LogP contribution is 2.15. The summed E-state index contributed by atoms with van der Waals surface area (Å²) >= 11 is 3.23. The van der Waals surface area contributed by atoms with Gasteiger partial charge < -0.3 is 0 Å². The third kappa shape index (κ3) is 3.38. The predicted molar refractivity (Wildman–Crippen MR) is 58.3 cm³/mol. The number of Topliss-reactive ketones (excluding diaryl/α,β-unsaturated/α-hetero) is 1. The number of carbonyl (C=O) groups excluding carboxylic acids is 1. The van der Waals surface area contributed by atoms with Crippen LogP contribution in [-0.2, 0) is 0 Å². The lowest BCUT2D eigenvalue weighted by atomic mass is 10.0. The average Bonchev–Trinajstić information content (AvgIpc) is 2.18. The first-order chi connectivity index (χ1) is 7.16. The van der Waals surface area contributed by atoms with Crippen molar-refractivity contribution in [3.8, 4) is 0 Å². The SMILES string of the molecule is O=C(CCCCBr)c1c(F)cccc1F. The Kier molecular flexibility index (Phi) is 4.88. The molecule has 0 spiro atoms. The first-order valence-electron chi connectivity index (χ1n) is 4.70. The number of unbranched alkanes of at least 4 members (excludes halogenated alkanes) is 1. The Morgan fingerprint density at radius 1 is 1.20 bits per heavy atom. The van der Waals surface area contributed by atoms with Crippen molar-refractivity contribution in [2.75, 3.05) is 5.33 Å². The van der Waals surface area contributed by atoms with Crippen LogP contribution in [0.2, 0.25) is 0 Å². The van der Waals surface area contributed by atoms with Crippen molar-refractivity contribution in [3.63, 3.8) is 0 Å². The number of alkyl halides is 1. The predicted octanol–water partition coefficient (Wildman–Crippen LogP) is 3.71. The van der Waals surface area contributed by atoms with Crippen molar-refractivity contribution in [1.29, 1.82) is 0 Å². The third-order valence-corrected chi connectivity index (χ3v) is 2.59. The Labute approximate surface area is 95.6 Å². The van der Waals surface area contributed by atoms with E-state index in [0.717, 1.165) is 23.9 Å². The Morgan fingerprint density at radius 3 is 2.33 bits per heavy atom. The molecule has 0 aliphatic heterocycles. The lowest BCUT2D eigenvalue weighted by Gasteiger charge is -2.03. The lowest BCUT2D eigenvalue weighted by Crippen LogP contribution is -2.05. The third-order valence-electron chi connectivity index (χ3n) is 2.03. The van der Waals surface area contributed by atoms with E-state index in [-0.39, 0.29) is 6.42 Å². The van der Waals surface area contributed by atoms with Crippen molar-refractivity contribution in [2.24, 2.45) is 0 Å². The van der Waals surface area contributed by atoms with Crippen LogP contribution < -0.4 is 0 Å². The van der Waals surface area contributed by atoms with E-state index in [4.69, 9.17) is 0 Å². The van der Waals surface area contributed by atoms with Crippen LogP contribution in [0.15, 0.2) is 18.2 Å². The minimum atomic E-state index is -0.779. The molecule has 82 valence electrons. The first-order valence-corrected chi connectivity index (χ1v) is 5.82. The maximum atomic E-state index is 13.1. The molecule has 0 N–H and O–H groups in total. The van der Waals surface area contributed by atoms with Crippen LogP contribution >= 0.6 is 15.9 Å². The number of hydrogen-bond acceptors (Lipinski definition) is 1. The quantitative estimate of drug-likeness (QED) is 0.455. The Bertz CT molecular complexity index is 332. The molecule has 0 unspecified atom stereocenters. The zero-order chi connectivity index (χ0) is 11.3. The minimum Gasteiger partial charge on any atom is -0.294 e. The van der Waals surface area contributed by atoms with E-state index in [2.05, 4.69) is 15.9 Å². The molecule has 1 rings (SSSR count). The summed E-state index contributed by atoms with van der Waals surface area (Å²) in [6.07, 6.45) is 1.64. The first kappa shape index (κ1) is 12.3. The van der Waals surface area contributed by atoms with Crippen LogP contribution in [0.5, 0.6) is 0 Å². The molecule has 15 heavy (non-hydrogen) atoms. The van der Waals surface area contributed by atoms with Crippen molar-refractivity contribution in [1.82, 2.24) is 0 Å². The Morgan fingerprint density at radius 2 is 1.80 bits per heavy atom. The maximum Gasteiger partial charge on any atom is 0.168 e. The van der Waals surface area contributed by atoms with Gasteiger partial charge in [-0.05, 0) is 25.0 Å². The molecule has 0 saturated carbocycles. The van der Waals surface area contributed by atoms with E-state index in [1.807, 2.05) is 0 Å². The van der Waals surface area contributed by atoms with Gasteiger partial charge in [0.2, 0.25) is 0 Å². The molecule has 0 atom stereocenters. The van der Waals surface area contributed by atoms with Gasteiger partial charge in [-0.15, -0.1) is 0 Å². The van der Waals surface area contributed by atoms with E-state index in [0.29, 0.717) is 6.42 Å². The zero-order valence-corrected chi connectivity index (χ0v) is 9.69. The van der Waals surface area contributed by atoms with Crippen molar-refractivity contribution >= 4 is 21.7 Å². The maximum absolute atomic E-state index is 13.1. The van der Waals surface area contributed by atoms with Gasteiger partial charge in [-0.1, -0.05) is 22.0 Å². The molecule has 0 aliphatic carbocycles. The second-order valence-electron chi connectivity index (χ2n) is 3.17. The van der Waals surface area contributed by atoms with Crippen LogP contribution in [0.25, 0.3) is 0 Å². The van der Waals surface area contributed by atoms with Crippen molar-refractivity contribution in [3.05, 3.63) is 35.4 Å². The molecule has 0 saturated heterocycles. The van der Waals surface area contributed by atoms with Crippen LogP contribution in [0.3, 0.4) is 0 Å². The zero-order valence-electron chi connectivity index (χ0n) is 8.10. The summed E-state index contributed by atoms with van der Waals surface area (Å²) in [7, 11) is 0. The van der Waals surface area contributed by atoms with Gasteiger partial charge in [-0.25, -0.2) is 8.78 Å². The summed E-state index contributed by atoms with van der Waals surface area (Å²) in [5, 5.41) is 0.792. The molecule has 4 heteroatoms. The highest BCUT2D eigenvalue weighted by atomic mass is 79.9. The summed E-state index contributed by atoms with van der Waals surface area (Å²) < 4.78 is 26.3. The number of ketones is 1. The fourth-order valence-electron chi connectivity index (χ4n) is 1.27. The summed E-state index contributed by atoms with van der Waals surface area (Å²) in [4.78, 5) is 11.5. The number of hydrogen-bond donors (Lipinski definition) is 0. The molecule has 1 aromatic carbocycles. The normalized spacial score (nSPS) is 10.3.